The smallest absolute Gasteiger partial charge is 0.255 e. The number of hydrogen-bond acceptors (Lipinski definition) is 5. The topological polar surface area (TPSA) is 78.9 Å². The first kappa shape index (κ1) is 22.5. The van der Waals surface area contributed by atoms with Gasteiger partial charge in [-0.05, 0) is 86.0 Å². The third-order valence-electron chi connectivity index (χ3n) is 6.00. The van der Waals surface area contributed by atoms with Crippen LogP contribution in [0.5, 0.6) is 0 Å². The molecule has 0 saturated heterocycles. The fourth-order valence-electron chi connectivity index (χ4n) is 4.24. The second kappa shape index (κ2) is 9.93. The van der Waals surface area contributed by atoms with E-state index in [0.717, 1.165) is 39.7 Å². The van der Waals surface area contributed by atoms with Crippen LogP contribution in [-0.4, -0.2) is 22.0 Å². The van der Waals surface area contributed by atoms with Gasteiger partial charge in [0, 0.05) is 64.2 Å². The summed E-state index contributed by atoms with van der Waals surface area (Å²) < 4.78 is 14.0. The minimum Gasteiger partial charge on any atom is -0.355 e. The van der Waals surface area contributed by atoms with Crippen molar-refractivity contribution >= 4 is 34.3 Å². The van der Waals surface area contributed by atoms with E-state index >= 15 is 0 Å². The molecule has 0 fully saturated rings. The number of nitrogens with zero attached hydrogens (tertiary/aromatic N) is 2. The molecule has 3 N–H and O–H groups in total. The van der Waals surface area contributed by atoms with Crippen molar-refractivity contribution in [2.75, 3.05) is 16.0 Å². The first-order chi connectivity index (χ1) is 17.0. The molecule has 7 heteroatoms. The number of alkyl halides is 1. The number of rotatable bonds is 6. The minimum absolute atomic E-state index is 0.209. The quantitative estimate of drug-likeness (QED) is 0.308. The molecule has 1 unspecified atom stereocenters. The van der Waals surface area contributed by atoms with E-state index in [9.17, 15) is 9.18 Å². The van der Waals surface area contributed by atoms with Crippen LogP contribution in [0, 0.1) is 6.92 Å². The highest BCUT2D eigenvalue weighted by molar-refractivity contribution is 6.05. The Morgan fingerprint density at radius 3 is 2.49 bits per heavy atom. The maximum atomic E-state index is 14.0. The Balaban J connectivity index is 1.26. The average molecular weight is 468 g/mol. The van der Waals surface area contributed by atoms with Gasteiger partial charge in [-0.2, -0.15) is 0 Å². The van der Waals surface area contributed by atoms with E-state index in [1.165, 1.54) is 0 Å². The van der Waals surface area contributed by atoms with Gasteiger partial charge in [-0.15, -0.1) is 0 Å². The molecular weight excluding hydrogens is 441 g/mol. The number of nitrogens with one attached hydrogen (secondary N) is 3. The van der Waals surface area contributed by atoms with Gasteiger partial charge in [0.1, 0.15) is 6.17 Å². The van der Waals surface area contributed by atoms with Gasteiger partial charge in [0.15, 0.2) is 0 Å². The van der Waals surface area contributed by atoms with E-state index < -0.39 is 6.17 Å². The van der Waals surface area contributed by atoms with Crippen molar-refractivity contribution in [2.45, 2.75) is 32.4 Å². The monoisotopic (exact) mass is 467 g/mol. The van der Waals surface area contributed by atoms with E-state index in [0.29, 0.717) is 30.5 Å². The van der Waals surface area contributed by atoms with Gasteiger partial charge in [0.2, 0.25) is 0 Å². The number of carbonyl (C=O) groups excluding carboxylic acids is 1. The van der Waals surface area contributed by atoms with E-state index in [2.05, 4.69) is 25.9 Å². The second-order valence-electron chi connectivity index (χ2n) is 8.67. The van der Waals surface area contributed by atoms with Crippen molar-refractivity contribution in [2.24, 2.45) is 0 Å². The Morgan fingerprint density at radius 1 is 0.886 bits per heavy atom. The fraction of sp³-hybridized carbons (Fsp3) is 0.179. The molecule has 1 aliphatic rings. The summed E-state index contributed by atoms with van der Waals surface area (Å²) in [6.45, 7) is 1.94. The summed E-state index contributed by atoms with van der Waals surface area (Å²) in [5, 5.41) is 9.61. The van der Waals surface area contributed by atoms with E-state index in [1.54, 1.807) is 24.5 Å². The Hall–Kier alpha value is -4.26. The lowest BCUT2D eigenvalue weighted by Crippen LogP contribution is -2.17. The van der Waals surface area contributed by atoms with Crippen LogP contribution in [0.4, 0.5) is 32.8 Å². The second-order valence-corrected chi connectivity index (χ2v) is 8.67. The van der Waals surface area contributed by atoms with Crippen molar-refractivity contribution in [3.8, 4) is 0 Å². The summed E-state index contributed by atoms with van der Waals surface area (Å²) in [5.74, 6) is -0.209. The van der Waals surface area contributed by atoms with Crippen molar-refractivity contribution in [3.63, 3.8) is 0 Å². The SMILES string of the molecule is Cc1cc(Nc2ccc(NC(=O)c3cccc(Nc4ccnc5c4CC(F)CC5)c3)cc2)ccn1. The normalized spacial score (nSPS) is 14.6. The average Bonchev–Trinajstić information content (AvgIpc) is 2.86. The number of hydrogen-bond donors (Lipinski definition) is 3. The summed E-state index contributed by atoms with van der Waals surface area (Å²) in [4.78, 5) is 21.5. The van der Waals surface area contributed by atoms with Gasteiger partial charge in [0.05, 0.1) is 0 Å². The highest BCUT2D eigenvalue weighted by Gasteiger charge is 2.21. The van der Waals surface area contributed by atoms with Crippen LogP contribution >= 0.6 is 0 Å². The molecule has 1 aliphatic carbocycles. The molecule has 1 atom stereocenters. The van der Waals surface area contributed by atoms with Crippen LogP contribution in [0.3, 0.4) is 0 Å². The maximum Gasteiger partial charge on any atom is 0.255 e. The summed E-state index contributed by atoms with van der Waals surface area (Å²) in [6.07, 6.45) is 4.17. The number of carbonyl (C=O) groups is 1. The van der Waals surface area contributed by atoms with Gasteiger partial charge in [0.25, 0.3) is 5.91 Å². The first-order valence-corrected chi connectivity index (χ1v) is 11.6. The van der Waals surface area contributed by atoms with Crippen LogP contribution in [0.25, 0.3) is 0 Å². The number of fused-ring (bicyclic) bond motifs is 1. The largest absolute Gasteiger partial charge is 0.355 e. The predicted octanol–water partition coefficient (Wildman–Crippen LogP) is 6.35. The van der Waals surface area contributed by atoms with E-state index in [-0.39, 0.29) is 5.91 Å². The molecule has 4 aromatic rings. The lowest BCUT2D eigenvalue weighted by atomic mass is 9.93. The van der Waals surface area contributed by atoms with Crippen LogP contribution < -0.4 is 16.0 Å². The molecule has 2 aromatic heterocycles. The molecule has 2 heterocycles. The summed E-state index contributed by atoms with van der Waals surface area (Å²) in [7, 11) is 0. The number of aryl methyl sites for hydroxylation is 2. The zero-order chi connectivity index (χ0) is 24.2. The highest BCUT2D eigenvalue weighted by Crippen LogP contribution is 2.30. The number of pyridine rings is 2. The molecule has 1 amide bonds. The Kier molecular flexibility index (Phi) is 6.39. The number of benzene rings is 2. The van der Waals surface area contributed by atoms with Gasteiger partial charge in [-0.3, -0.25) is 14.8 Å². The van der Waals surface area contributed by atoms with Gasteiger partial charge >= 0.3 is 0 Å². The van der Waals surface area contributed by atoms with Gasteiger partial charge in [-0.25, -0.2) is 4.39 Å². The number of anilines is 5. The molecule has 176 valence electrons. The summed E-state index contributed by atoms with van der Waals surface area (Å²) >= 11 is 0. The number of amides is 1. The third kappa shape index (κ3) is 5.46. The first-order valence-electron chi connectivity index (χ1n) is 11.6. The van der Waals surface area contributed by atoms with Crippen molar-refractivity contribution in [1.29, 1.82) is 0 Å². The molecule has 6 nitrogen and oxygen atoms in total. The summed E-state index contributed by atoms with van der Waals surface area (Å²) in [5.41, 5.74) is 7.48. The third-order valence-corrected chi connectivity index (χ3v) is 6.00. The lowest BCUT2D eigenvalue weighted by molar-refractivity contribution is 0.102. The van der Waals surface area contributed by atoms with Crippen molar-refractivity contribution < 1.29 is 9.18 Å². The van der Waals surface area contributed by atoms with Crippen LogP contribution in [0.2, 0.25) is 0 Å². The van der Waals surface area contributed by atoms with Crippen LogP contribution in [0.1, 0.15) is 33.7 Å². The zero-order valence-electron chi connectivity index (χ0n) is 19.4. The number of halogens is 1. The van der Waals surface area contributed by atoms with Crippen molar-refractivity contribution in [3.05, 3.63) is 102 Å². The molecule has 2 aromatic carbocycles. The van der Waals surface area contributed by atoms with E-state index in [4.69, 9.17) is 0 Å². The highest BCUT2D eigenvalue weighted by atomic mass is 19.1. The Morgan fingerprint density at radius 2 is 1.66 bits per heavy atom. The fourth-order valence-corrected chi connectivity index (χ4v) is 4.24. The van der Waals surface area contributed by atoms with Crippen LogP contribution in [0.15, 0.2) is 79.1 Å². The lowest BCUT2D eigenvalue weighted by Gasteiger charge is -2.21. The summed E-state index contributed by atoms with van der Waals surface area (Å²) in [6, 6.07) is 20.5. The Bertz CT molecular complexity index is 1360. The van der Waals surface area contributed by atoms with E-state index in [1.807, 2.05) is 61.5 Å². The van der Waals surface area contributed by atoms with Crippen LogP contribution in [-0.2, 0) is 12.8 Å². The predicted molar refractivity (Wildman–Crippen MR) is 138 cm³/mol. The molecule has 35 heavy (non-hydrogen) atoms. The standard InChI is InChI=1S/C28H26FN5O/c1-18-15-24(11-13-30-18)32-21-6-8-22(9-7-21)34-28(35)19-3-2-4-23(16-19)33-27-12-14-31-26-10-5-20(29)17-25(26)27/h2-4,6-9,11-16,20H,5,10,17H2,1H3,(H,30,32)(H,31,33)(H,34,35). The van der Waals surface area contributed by atoms with Gasteiger partial charge in [-0.1, -0.05) is 6.07 Å². The van der Waals surface area contributed by atoms with Gasteiger partial charge < -0.3 is 16.0 Å². The molecule has 0 bridgehead atoms. The Labute approximate surface area is 203 Å². The number of aromatic nitrogens is 2. The molecule has 0 aliphatic heterocycles. The molecule has 0 radical (unpaired) electrons. The zero-order valence-corrected chi connectivity index (χ0v) is 19.4. The maximum absolute atomic E-state index is 14.0. The minimum atomic E-state index is -0.847. The molecule has 5 rings (SSSR count). The molecule has 0 saturated carbocycles. The molecule has 0 spiro atoms. The molecular formula is C28H26FN5O. The van der Waals surface area contributed by atoms with Crippen molar-refractivity contribution in [1.82, 2.24) is 9.97 Å².